The second kappa shape index (κ2) is 9.45. The van der Waals surface area contributed by atoms with Crippen LogP contribution < -0.4 is 4.90 Å². The Labute approximate surface area is 146 Å². The van der Waals surface area contributed by atoms with Crippen molar-refractivity contribution in [1.29, 1.82) is 0 Å². The maximum absolute atomic E-state index is 12.7. The smallest absolute Gasteiger partial charge is 0.242 e. The summed E-state index contributed by atoms with van der Waals surface area (Å²) in [6.07, 6.45) is 1.85. The Balaban J connectivity index is 3.17. The molecule has 0 saturated heterocycles. The molecule has 4 heteroatoms. The molecule has 0 spiro atoms. The maximum atomic E-state index is 12.7. The summed E-state index contributed by atoms with van der Waals surface area (Å²) in [5.41, 5.74) is 3.03. The first-order valence-electron chi connectivity index (χ1n) is 8.98. The minimum absolute atomic E-state index is 0.0202. The van der Waals surface area contributed by atoms with Gasteiger partial charge in [-0.05, 0) is 36.8 Å². The van der Waals surface area contributed by atoms with Crippen LogP contribution in [0.15, 0.2) is 18.2 Å². The lowest BCUT2D eigenvalue weighted by Crippen LogP contribution is -2.43. The maximum Gasteiger partial charge on any atom is 0.242 e. The number of para-hydroxylation sites is 1. The van der Waals surface area contributed by atoms with Gasteiger partial charge in [-0.2, -0.15) is 0 Å². The van der Waals surface area contributed by atoms with E-state index in [0.29, 0.717) is 5.92 Å². The zero-order valence-electron chi connectivity index (χ0n) is 16.1. The van der Waals surface area contributed by atoms with Crippen LogP contribution in [0, 0.1) is 6.92 Å². The Morgan fingerprint density at radius 1 is 1.08 bits per heavy atom. The number of anilines is 1. The van der Waals surface area contributed by atoms with Gasteiger partial charge in [0.15, 0.2) is 0 Å². The summed E-state index contributed by atoms with van der Waals surface area (Å²) < 4.78 is 0. The average molecular weight is 332 g/mol. The Morgan fingerprint density at radius 3 is 2.12 bits per heavy atom. The van der Waals surface area contributed by atoms with Gasteiger partial charge in [-0.25, -0.2) is 0 Å². The summed E-state index contributed by atoms with van der Waals surface area (Å²) in [7, 11) is 0. The SMILES string of the molecule is CCCN(CCC)C(=O)CN(C(C)=O)c1c(C)cccc1C(C)C. The molecule has 24 heavy (non-hydrogen) atoms. The molecule has 0 unspecified atom stereocenters. The molecule has 0 fully saturated rings. The van der Waals surface area contributed by atoms with Gasteiger partial charge in [0.2, 0.25) is 11.8 Å². The zero-order chi connectivity index (χ0) is 18.3. The fraction of sp³-hybridized carbons (Fsp3) is 0.600. The minimum atomic E-state index is -0.0903. The average Bonchev–Trinajstić information content (AvgIpc) is 2.52. The summed E-state index contributed by atoms with van der Waals surface area (Å²) in [4.78, 5) is 28.5. The quantitative estimate of drug-likeness (QED) is 0.718. The van der Waals surface area contributed by atoms with Crippen LogP contribution in [0.3, 0.4) is 0 Å². The number of benzene rings is 1. The third-order valence-corrected chi connectivity index (χ3v) is 4.17. The van der Waals surface area contributed by atoms with Gasteiger partial charge in [-0.15, -0.1) is 0 Å². The van der Waals surface area contributed by atoms with Crippen LogP contribution in [0.1, 0.15) is 64.5 Å². The lowest BCUT2D eigenvalue weighted by Gasteiger charge is -2.30. The number of carbonyl (C=O) groups excluding carboxylic acids is 2. The fourth-order valence-electron chi connectivity index (χ4n) is 3.00. The molecule has 134 valence electrons. The first-order valence-corrected chi connectivity index (χ1v) is 8.98. The second-order valence-electron chi connectivity index (χ2n) is 6.65. The summed E-state index contributed by atoms with van der Waals surface area (Å²) >= 11 is 0. The number of hydrogen-bond donors (Lipinski definition) is 0. The Morgan fingerprint density at radius 2 is 1.67 bits per heavy atom. The van der Waals surface area contributed by atoms with Gasteiger partial charge < -0.3 is 9.80 Å². The molecule has 0 aliphatic rings. The zero-order valence-corrected chi connectivity index (χ0v) is 16.1. The molecule has 0 aliphatic carbocycles. The number of aryl methyl sites for hydroxylation is 1. The summed E-state index contributed by atoms with van der Waals surface area (Å²) in [6, 6.07) is 6.05. The Hall–Kier alpha value is -1.84. The van der Waals surface area contributed by atoms with Crippen molar-refractivity contribution in [2.75, 3.05) is 24.5 Å². The Kier molecular flexibility index (Phi) is 7.96. The highest BCUT2D eigenvalue weighted by atomic mass is 16.2. The predicted molar refractivity (Wildman–Crippen MR) is 100 cm³/mol. The normalized spacial score (nSPS) is 10.8. The van der Waals surface area contributed by atoms with Crippen molar-refractivity contribution in [3.8, 4) is 0 Å². The van der Waals surface area contributed by atoms with Crippen LogP contribution >= 0.6 is 0 Å². The summed E-state index contributed by atoms with van der Waals surface area (Å²) in [5.74, 6) is 0.221. The first-order chi connectivity index (χ1) is 11.3. The molecular formula is C20H32N2O2. The molecule has 0 aromatic heterocycles. The van der Waals surface area contributed by atoms with Crippen LogP contribution in [0.25, 0.3) is 0 Å². The topological polar surface area (TPSA) is 40.6 Å². The monoisotopic (exact) mass is 332 g/mol. The second-order valence-corrected chi connectivity index (χ2v) is 6.65. The fourth-order valence-corrected chi connectivity index (χ4v) is 3.00. The standard InChI is InChI=1S/C20H32N2O2/c1-7-12-21(13-8-2)19(24)14-22(17(6)23)20-16(5)10-9-11-18(20)15(3)4/h9-11,15H,7-8,12-14H2,1-6H3. The van der Waals surface area contributed by atoms with Crippen molar-refractivity contribution in [1.82, 2.24) is 4.90 Å². The van der Waals surface area contributed by atoms with Gasteiger partial charge in [0.05, 0.1) is 5.69 Å². The molecule has 1 aromatic carbocycles. The molecule has 0 radical (unpaired) electrons. The van der Waals surface area contributed by atoms with E-state index in [4.69, 9.17) is 0 Å². The molecule has 1 rings (SSSR count). The van der Waals surface area contributed by atoms with Crippen molar-refractivity contribution in [3.63, 3.8) is 0 Å². The van der Waals surface area contributed by atoms with Gasteiger partial charge in [-0.3, -0.25) is 9.59 Å². The summed E-state index contributed by atoms with van der Waals surface area (Å²) in [5, 5.41) is 0. The molecule has 0 N–H and O–H groups in total. The van der Waals surface area contributed by atoms with Gasteiger partial charge in [0, 0.05) is 20.0 Å². The lowest BCUT2D eigenvalue weighted by molar-refractivity contribution is -0.131. The number of hydrogen-bond acceptors (Lipinski definition) is 2. The van der Waals surface area contributed by atoms with Gasteiger partial charge in [-0.1, -0.05) is 45.9 Å². The van der Waals surface area contributed by atoms with Crippen LogP contribution in [0.4, 0.5) is 5.69 Å². The van der Waals surface area contributed by atoms with E-state index in [-0.39, 0.29) is 18.4 Å². The molecule has 0 heterocycles. The van der Waals surface area contributed by atoms with E-state index >= 15 is 0 Å². The van der Waals surface area contributed by atoms with Gasteiger partial charge in [0.1, 0.15) is 6.54 Å². The van der Waals surface area contributed by atoms with Crippen molar-refractivity contribution in [2.45, 2.75) is 60.3 Å². The van der Waals surface area contributed by atoms with Crippen molar-refractivity contribution < 1.29 is 9.59 Å². The van der Waals surface area contributed by atoms with Crippen LogP contribution in [-0.4, -0.2) is 36.3 Å². The van der Waals surface area contributed by atoms with Gasteiger partial charge >= 0.3 is 0 Å². The van der Waals surface area contributed by atoms with Crippen LogP contribution in [0.5, 0.6) is 0 Å². The molecular weight excluding hydrogens is 300 g/mol. The van der Waals surface area contributed by atoms with E-state index in [1.807, 2.05) is 30.0 Å². The number of carbonyl (C=O) groups is 2. The first kappa shape index (κ1) is 20.2. The number of amides is 2. The van der Waals surface area contributed by atoms with E-state index < -0.39 is 0 Å². The van der Waals surface area contributed by atoms with Crippen molar-refractivity contribution >= 4 is 17.5 Å². The molecule has 0 saturated carbocycles. The Bertz CT molecular complexity index is 561. The van der Waals surface area contributed by atoms with E-state index in [1.165, 1.54) is 6.92 Å². The highest BCUT2D eigenvalue weighted by Crippen LogP contribution is 2.31. The summed E-state index contributed by atoms with van der Waals surface area (Å²) in [6.45, 7) is 13.5. The third kappa shape index (κ3) is 5.08. The predicted octanol–water partition coefficient (Wildman–Crippen LogP) is 4.12. The number of rotatable bonds is 8. The van der Waals surface area contributed by atoms with E-state index in [1.54, 1.807) is 4.90 Å². The van der Waals surface area contributed by atoms with E-state index in [9.17, 15) is 9.59 Å². The van der Waals surface area contributed by atoms with Crippen LogP contribution in [-0.2, 0) is 9.59 Å². The molecule has 1 aromatic rings. The molecule has 4 nitrogen and oxygen atoms in total. The number of nitrogens with zero attached hydrogens (tertiary/aromatic N) is 2. The molecule has 0 bridgehead atoms. The van der Waals surface area contributed by atoms with Crippen molar-refractivity contribution in [2.24, 2.45) is 0 Å². The molecule has 2 amide bonds. The van der Waals surface area contributed by atoms with E-state index in [0.717, 1.165) is 42.7 Å². The lowest BCUT2D eigenvalue weighted by atomic mass is 9.97. The van der Waals surface area contributed by atoms with Crippen molar-refractivity contribution in [3.05, 3.63) is 29.3 Å². The largest absolute Gasteiger partial charge is 0.341 e. The van der Waals surface area contributed by atoms with E-state index in [2.05, 4.69) is 27.7 Å². The highest BCUT2D eigenvalue weighted by Gasteiger charge is 2.23. The molecule has 0 aliphatic heterocycles. The van der Waals surface area contributed by atoms with Crippen LogP contribution in [0.2, 0.25) is 0 Å². The van der Waals surface area contributed by atoms with Gasteiger partial charge in [0.25, 0.3) is 0 Å². The highest BCUT2D eigenvalue weighted by molar-refractivity contribution is 5.98. The minimum Gasteiger partial charge on any atom is -0.341 e. The third-order valence-electron chi connectivity index (χ3n) is 4.17. The molecule has 0 atom stereocenters.